The van der Waals surface area contributed by atoms with Crippen molar-refractivity contribution in [2.24, 2.45) is 0 Å². The Hall–Kier alpha value is -1.21. The first-order valence-corrected chi connectivity index (χ1v) is 5.73. The minimum absolute atomic E-state index is 0.0636. The van der Waals surface area contributed by atoms with Crippen LogP contribution in [0.25, 0.3) is 0 Å². The molecule has 1 aromatic rings. The largest absolute Gasteiger partial charge is 0.377 e. The molecule has 0 saturated heterocycles. The molecule has 0 unspecified atom stereocenters. The molecule has 0 aromatic carbocycles. The molecule has 0 fully saturated rings. The van der Waals surface area contributed by atoms with E-state index in [2.05, 4.69) is 26.2 Å². The van der Waals surface area contributed by atoms with Crippen LogP contribution in [0, 0.1) is 10.1 Å². The number of hydrogen-bond donors (Lipinski definition) is 1. The highest BCUT2D eigenvalue weighted by Gasteiger charge is 2.21. The highest BCUT2D eigenvalue weighted by atomic mass is 79.9. The second-order valence-corrected chi connectivity index (χ2v) is 4.94. The van der Waals surface area contributed by atoms with Gasteiger partial charge in [0.2, 0.25) is 0 Å². The number of rotatable bonds is 5. The van der Waals surface area contributed by atoms with Gasteiger partial charge < -0.3 is 10.1 Å². The van der Waals surface area contributed by atoms with Gasteiger partial charge >= 0.3 is 5.69 Å². The average molecular weight is 304 g/mol. The predicted octanol–water partition coefficient (Wildman–Crippen LogP) is 2.59. The van der Waals surface area contributed by atoms with Crippen molar-refractivity contribution in [1.29, 1.82) is 0 Å². The second kappa shape index (κ2) is 5.42. The van der Waals surface area contributed by atoms with Crippen molar-refractivity contribution in [3.05, 3.63) is 27.0 Å². The topological polar surface area (TPSA) is 77.3 Å². The van der Waals surface area contributed by atoms with Crippen molar-refractivity contribution in [3.63, 3.8) is 0 Å². The van der Waals surface area contributed by atoms with E-state index in [1.54, 1.807) is 7.11 Å². The SMILES string of the molecule is COC(C)(C)CNc1c(Br)cncc1[N+](=O)[O-]. The lowest BCUT2D eigenvalue weighted by Crippen LogP contribution is -2.32. The molecule has 1 heterocycles. The molecular weight excluding hydrogens is 290 g/mol. The molecule has 0 aliphatic heterocycles. The maximum atomic E-state index is 10.8. The van der Waals surface area contributed by atoms with Gasteiger partial charge in [-0.05, 0) is 29.8 Å². The fourth-order valence-corrected chi connectivity index (χ4v) is 1.57. The average Bonchev–Trinajstić information content (AvgIpc) is 2.27. The minimum Gasteiger partial charge on any atom is -0.377 e. The zero-order valence-corrected chi connectivity index (χ0v) is 11.4. The van der Waals surface area contributed by atoms with E-state index in [1.165, 1.54) is 12.4 Å². The Balaban J connectivity index is 2.94. The van der Waals surface area contributed by atoms with E-state index < -0.39 is 10.5 Å². The summed E-state index contributed by atoms with van der Waals surface area (Å²) in [7, 11) is 1.59. The molecule has 7 heteroatoms. The Labute approximate surface area is 108 Å². The summed E-state index contributed by atoms with van der Waals surface area (Å²) in [6.45, 7) is 4.23. The van der Waals surface area contributed by atoms with Gasteiger partial charge in [-0.25, -0.2) is 0 Å². The van der Waals surface area contributed by atoms with Crippen molar-refractivity contribution in [2.75, 3.05) is 19.0 Å². The van der Waals surface area contributed by atoms with E-state index in [0.717, 1.165) is 0 Å². The molecule has 0 aliphatic rings. The first-order chi connectivity index (χ1) is 7.87. The van der Waals surface area contributed by atoms with Crippen molar-refractivity contribution < 1.29 is 9.66 Å². The Morgan fingerprint density at radius 3 is 2.76 bits per heavy atom. The molecule has 1 rings (SSSR count). The smallest absolute Gasteiger partial charge is 0.311 e. The van der Waals surface area contributed by atoms with Crippen LogP contribution in [0.5, 0.6) is 0 Å². The monoisotopic (exact) mass is 303 g/mol. The van der Waals surface area contributed by atoms with Crippen LogP contribution in [0.3, 0.4) is 0 Å². The summed E-state index contributed by atoms with van der Waals surface area (Å²) in [5.41, 5.74) is -0.0577. The van der Waals surface area contributed by atoms with Gasteiger partial charge in [-0.2, -0.15) is 0 Å². The van der Waals surface area contributed by atoms with E-state index in [4.69, 9.17) is 4.74 Å². The molecule has 1 aromatic heterocycles. The van der Waals surface area contributed by atoms with Gasteiger partial charge in [0.15, 0.2) is 0 Å². The lowest BCUT2D eigenvalue weighted by Gasteiger charge is -2.23. The van der Waals surface area contributed by atoms with Gasteiger partial charge in [-0.3, -0.25) is 15.1 Å². The van der Waals surface area contributed by atoms with E-state index >= 15 is 0 Å². The summed E-state index contributed by atoms with van der Waals surface area (Å²) < 4.78 is 5.79. The molecule has 0 atom stereocenters. The number of nitro groups is 1. The molecule has 0 bridgehead atoms. The van der Waals surface area contributed by atoms with Crippen molar-refractivity contribution in [2.45, 2.75) is 19.4 Å². The fourth-order valence-electron chi connectivity index (χ4n) is 1.11. The lowest BCUT2D eigenvalue weighted by atomic mass is 10.1. The van der Waals surface area contributed by atoms with Crippen molar-refractivity contribution in [1.82, 2.24) is 4.98 Å². The van der Waals surface area contributed by atoms with E-state index in [1.807, 2.05) is 13.8 Å². The quantitative estimate of drug-likeness (QED) is 0.668. The normalized spacial score (nSPS) is 11.3. The van der Waals surface area contributed by atoms with Crippen LogP contribution < -0.4 is 5.32 Å². The van der Waals surface area contributed by atoms with Crippen LogP contribution in [0.4, 0.5) is 11.4 Å². The molecule has 0 saturated carbocycles. The summed E-state index contributed by atoms with van der Waals surface area (Å²) in [6, 6.07) is 0. The molecule has 6 nitrogen and oxygen atoms in total. The van der Waals surface area contributed by atoms with Crippen LogP contribution in [0.15, 0.2) is 16.9 Å². The highest BCUT2D eigenvalue weighted by molar-refractivity contribution is 9.10. The number of methoxy groups -OCH3 is 1. The molecule has 94 valence electrons. The number of nitrogens with one attached hydrogen (secondary N) is 1. The zero-order valence-electron chi connectivity index (χ0n) is 9.86. The third-order valence-electron chi connectivity index (χ3n) is 2.32. The van der Waals surface area contributed by atoms with Gasteiger partial charge in [0, 0.05) is 19.9 Å². The summed E-state index contributed by atoms with van der Waals surface area (Å²) in [6.07, 6.45) is 2.72. The van der Waals surface area contributed by atoms with Gasteiger partial charge in [0.05, 0.1) is 15.0 Å². The third kappa shape index (κ3) is 3.64. The Morgan fingerprint density at radius 1 is 1.59 bits per heavy atom. The Morgan fingerprint density at radius 2 is 2.24 bits per heavy atom. The fraction of sp³-hybridized carbons (Fsp3) is 0.500. The van der Waals surface area contributed by atoms with Crippen LogP contribution in [0.1, 0.15) is 13.8 Å². The van der Waals surface area contributed by atoms with Gasteiger partial charge in [0.1, 0.15) is 11.9 Å². The molecular formula is C10H14BrN3O3. The molecule has 17 heavy (non-hydrogen) atoms. The molecule has 0 amide bonds. The second-order valence-electron chi connectivity index (χ2n) is 4.09. The Bertz CT molecular complexity index is 423. The molecule has 0 aliphatic carbocycles. The molecule has 0 radical (unpaired) electrons. The van der Waals surface area contributed by atoms with Gasteiger partial charge in [0.25, 0.3) is 0 Å². The maximum absolute atomic E-state index is 10.8. The van der Waals surface area contributed by atoms with Gasteiger partial charge in [-0.1, -0.05) is 0 Å². The third-order valence-corrected chi connectivity index (χ3v) is 2.92. The summed E-state index contributed by atoms with van der Waals surface area (Å²) in [4.78, 5) is 14.1. The maximum Gasteiger partial charge on any atom is 0.311 e. The first-order valence-electron chi connectivity index (χ1n) is 4.94. The zero-order chi connectivity index (χ0) is 13.1. The summed E-state index contributed by atoms with van der Waals surface area (Å²) >= 11 is 3.23. The number of nitrogens with zero attached hydrogens (tertiary/aromatic N) is 2. The predicted molar refractivity (Wildman–Crippen MR) is 68.2 cm³/mol. The van der Waals surface area contributed by atoms with Crippen LogP contribution in [0.2, 0.25) is 0 Å². The summed E-state index contributed by atoms with van der Waals surface area (Å²) in [5, 5.41) is 13.8. The number of anilines is 1. The van der Waals surface area contributed by atoms with Crippen molar-refractivity contribution >= 4 is 27.3 Å². The number of hydrogen-bond acceptors (Lipinski definition) is 5. The van der Waals surface area contributed by atoms with Gasteiger partial charge in [-0.15, -0.1) is 0 Å². The highest BCUT2D eigenvalue weighted by Crippen LogP contribution is 2.31. The number of ether oxygens (including phenoxy) is 1. The molecule has 1 N–H and O–H groups in total. The van der Waals surface area contributed by atoms with E-state index in [9.17, 15) is 10.1 Å². The van der Waals surface area contributed by atoms with E-state index in [-0.39, 0.29) is 5.69 Å². The summed E-state index contributed by atoms with van der Waals surface area (Å²) in [5.74, 6) is 0. The first kappa shape index (κ1) is 13.9. The number of pyridine rings is 1. The van der Waals surface area contributed by atoms with Crippen LogP contribution in [-0.2, 0) is 4.74 Å². The number of halogens is 1. The van der Waals surface area contributed by atoms with Crippen LogP contribution >= 0.6 is 15.9 Å². The Kier molecular flexibility index (Phi) is 4.41. The van der Waals surface area contributed by atoms with Crippen LogP contribution in [-0.4, -0.2) is 29.2 Å². The lowest BCUT2D eigenvalue weighted by molar-refractivity contribution is -0.384. The number of aromatic nitrogens is 1. The molecule has 0 spiro atoms. The minimum atomic E-state index is -0.472. The van der Waals surface area contributed by atoms with E-state index in [0.29, 0.717) is 16.7 Å². The standard InChI is InChI=1S/C10H14BrN3O3/c1-10(2,17-3)6-13-9-7(11)4-12-5-8(9)14(15)16/h4-5H,6H2,1-3H3,(H,12,13). The van der Waals surface area contributed by atoms with Crippen molar-refractivity contribution in [3.8, 4) is 0 Å².